The number of hydrogen-bond donors (Lipinski definition) is 1. The van der Waals surface area contributed by atoms with Crippen LogP contribution in [0.25, 0.3) is 10.9 Å². The highest BCUT2D eigenvalue weighted by molar-refractivity contribution is 6.30. The zero-order valence-corrected chi connectivity index (χ0v) is 16.9. The van der Waals surface area contributed by atoms with Gasteiger partial charge >= 0.3 is 0 Å². The third-order valence-electron chi connectivity index (χ3n) is 5.97. The van der Waals surface area contributed by atoms with Gasteiger partial charge in [-0.05, 0) is 48.7 Å². The molecule has 0 radical (unpaired) electrons. The summed E-state index contributed by atoms with van der Waals surface area (Å²) < 4.78 is 5.36. The first-order valence-corrected chi connectivity index (χ1v) is 10.3. The van der Waals surface area contributed by atoms with E-state index in [9.17, 15) is 4.79 Å². The van der Waals surface area contributed by atoms with Crippen LogP contribution in [0.2, 0.25) is 5.15 Å². The maximum absolute atomic E-state index is 12.5. The molecule has 29 heavy (non-hydrogen) atoms. The minimum Gasteiger partial charge on any atom is -0.497 e. The number of halogens is 1. The van der Waals surface area contributed by atoms with Gasteiger partial charge in [-0.25, -0.2) is 4.98 Å². The summed E-state index contributed by atoms with van der Waals surface area (Å²) in [4.78, 5) is 19.1. The molecule has 5 rings (SSSR count). The lowest BCUT2D eigenvalue weighted by molar-refractivity contribution is -0.130. The van der Waals surface area contributed by atoms with Crippen LogP contribution in [-0.2, 0) is 4.79 Å². The molecule has 2 aliphatic rings. The van der Waals surface area contributed by atoms with Gasteiger partial charge in [0.05, 0.1) is 24.7 Å². The number of pyridine rings is 1. The highest BCUT2D eigenvalue weighted by atomic mass is 35.5. The zero-order chi connectivity index (χ0) is 20.0. The molecular weight excluding hydrogens is 386 g/mol. The fourth-order valence-corrected chi connectivity index (χ4v) is 4.81. The van der Waals surface area contributed by atoms with E-state index in [0.29, 0.717) is 11.6 Å². The average molecular weight is 408 g/mol. The number of rotatable bonds is 3. The summed E-state index contributed by atoms with van der Waals surface area (Å²) in [7, 11) is 1.66. The van der Waals surface area contributed by atoms with Gasteiger partial charge in [0, 0.05) is 29.6 Å². The van der Waals surface area contributed by atoms with Crippen LogP contribution < -0.4 is 10.1 Å². The molecule has 1 saturated heterocycles. The molecule has 3 aromatic rings. The molecule has 1 fully saturated rings. The number of carbonyl (C=O) groups excluding carboxylic acids is 1. The Hall–Kier alpha value is -2.79. The summed E-state index contributed by atoms with van der Waals surface area (Å²) >= 11 is 6.61. The van der Waals surface area contributed by atoms with E-state index in [2.05, 4.69) is 28.5 Å². The first-order valence-electron chi connectivity index (χ1n) is 9.93. The summed E-state index contributed by atoms with van der Waals surface area (Å²) in [5.74, 6) is 1.02. The van der Waals surface area contributed by atoms with Gasteiger partial charge in [0.1, 0.15) is 10.9 Å². The highest BCUT2D eigenvalue weighted by Gasteiger charge is 2.36. The van der Waals surface area contributed by atoms with Crippen molar-refractivity contribution in [2.24, 2.45) is 0 Å². The molecule has 2 unspecified atom stereocenters. The molecule has 0 bridgehead atoms. The molecule has 1 amide bonds. The van der Waals surface area contributed by atoms with E-state index in [0.717, 1.165) is 47.3 Å². The average Bonchev–Trinajstić information content (AvgIpc) is 3.17. The molecule has 5 nitrogen and oxygen atoms in total. The number of anilines is 1. The van der Waals surface area contributed by atoms with Crippen LogP contribution in [0.15, 0.2) is 48.5 Å². The van der Waals surface area contributed by atoms with Crippen molar-refractivity contribution in [3.05, 3.63) is 64.8 Å². The van der Waals surface area contributed by atoms with Crippen molar-refractivity contribution >= 4 is 34.1 Å². The maximum atomic E-state index is 12.5. The van der Waals surface area contributed by atoms with Gasteiger partial charge in [-0.2, -0.15) is 0 Å². The summed E-state index contributed by atoms with van der Waals surface area (Å²) in [5, 5.41) is 5.10. The van der Waals surface area contributed by atoms with Gasteiger partial charge in [-0.1, -0.05) is 29.8 Å². The Balaban J connectivity index is 1.57. The minimum absolute atomic E-state index is 0.0288. The van der Waals surface area contributed by atoms with Gasteiger partial charge in [-0.15, -0.1) is 0 Å². The second-order valence-electron chi connectivity index (χ2n) is 7.65. The molecule has 2 aromatic carbocycles. The third kappa shape index (κ3) is 3.19. The molecule has 3 heterocycles. The van der Waals surface area contributed by atoms with Gasteiger partial charge in [0.2, 0.25) is 5.91 Å². The predicted molar refractivity (Wildman–Crippen MR) is 114 cm³/mol. The quantitative estimate of drug-likeness (QED) is 0.612. The molecule has 0 spiro atoms. The van der Waals surface area contributed by atoms with Gasteiger partial charge < -0.3 is 15.0 Å². The van der Waals surface area contributed by atoms with Gasteiger partial charge in [-0.3, -0.25) is 4.79 Å². The molecule has 1 aromatic heterocycles. The van der Waals surface area contributed by atoms with Gasteiger partial charge in [0.25, 0.3) is 0 Å². The molecule has 0 saturated carbocycles. The van der Waals surface area contributed by atoms with Crippen molar-refractivity contribution in [3.63, 3.8) is 0 Å². The number of hydrogen-bond acceptors (Lipinski definition) is 4. The van der Waals surface area contributed by atoms with Crippen molar-refractivity contribution in [1.29, 1.82) is 0 Å². The number of nitrogens with zero attached hydrogens (tertiary/aromatic N) is 2. The second kappa shape index (κ2) is 7.23. The van der Waals surface area contributed by atoms with Crippen LogP contribution in [0.3, 0.4) is 0 Å². The van der Waals surface area contributed by atoms with E-state index in [-0.39, 0.29) is 18.0 Å². The number of benzene rings is 2. The smallest absolute Gasteiger partial charge is 0.223 e. The van der Waals surface area contributed by atoms with Crippen LogP contribution >= 0.6 is 11.6 Å². The number of para-hydroxylation sites is 1. The largest absolute Gasteiger partial charge is 0.497 e. The van der Waals surface area contributed by atoms with Crippen molar-refractivity contribution in [1.82, 2.24) is 9.88 Å². The molecule has 2 atom stereocenters. The van der Waals surface area contributed by atoms with E-state index in [1.807, 2.05) is 35.2 Å². The number of carbonyl (C=O) groups is 1. The molecule has 148 valence electrons. The van der Waals surface area contributed by atoms with E-state index >= 15 is 0 Å². The number of ether oxygens (including phenoxy) is 1. The standard InChI is InChI=1S/C23H22ClN3O2/c1-29-15-8-9-18-14(11-15)12-17(23(24)26-18)20-13-21(27-10-4-7-22(27)28)16-5-2-3-6-19(16)25-20/h2-3,5-6,8-9,11-12,20-21,25H,4,7,10,13H2,1H3. The summed E-state index contributed by atoms with van der Waals surface area (Å²) in [6, 6.07) is 16.1. The Bertz CT molecular complexity index is 1100. The van der Waals surface area contributed by atoms with Crippen LogP contribution in [0.1, 0.15) is 42.5 Å². The minimum atomic E-state index is -0.0288. The highest BCUT2D eigenvalue weighted by Crippen LogP contribution is 2.44. The summed E-state index contributed by atoms with van der Waals surface area (Å²) in [6.45, 7) is 0.811. The van der Waals surface area contributed by atoms with Crippen molar-refractivity contribution in [2.75, 3.05) is 19.0 Å². The fraction of sp³-hybridized carbons (Fsp3) is 0.304. The summed E-state index contributed by atoms with van der Waals surface area (Å²) in [5.41, 5.74) is 4.00. The SMILES string of the molecule is COc1ccc2nc(Cl)c(C3CC(N4CCCC4=O)c4ccccc4N3)cc2c1. The lowest BCUT2D eigenvalue weighted by Gasteiger charge is -2.38. The number of methoxy groups -OCH3 is 1. The van der Waals surface area contributed by atoms with Crippen LogP contribution in [0.5, 0.6) is 5.75 Å². The second-order valence-corrected chi connectivity index (χ2v) is 8.01. The Labute approximate surface area is 174 Å². The zero-order valence-electron chi connectivity index (χ0n) is 16.2. The molecular formula is C23H22ClN3O2. The Morgan fingerprint density at radius 1 is 1.17 bits per heavy atom. The van der Waals surface area contributed by atoms with Crippen molar-refractivity contribution in [2.45, 2.75) is 31.3 Å². The Kier molecular flexibility index (Phi) is 4.55. The fourth-order valence-electron chi connectivity index (χ4n) is 4.53. The normalized spacial score (nSPS) is 21.2. The molecule has 2 aliphatic heterocycles. The van der Waals surface area contributed by atoms with Crippen LogP contribution in [0, 0.1) is 0 Å². The van der Waals surface area contributed by atoms with E-state index < -0.39 is 0 Å². The molecule has 0 aliphatic carbocycles. The van der Waals surface area contributed by atoms with Crippen molar-refractivity contribution in [3.8, 4) is 5.75 Å². The molecule has 1 N–H and O–H groups in total. The molecule has 6 heteroatoms. The number of nitrogens with one attached hydrogen (secondary N) is 1. The van der Waals surface area contributed by atoms with Crippen LogP contribution in [0.4, 0.5) is 5.69 Å². The number of aromatic nitrogens is 1. The lowest BCUT2D eigenvalue weighted by Crippen LogP contribution is -2.35. The van der Waals surface area contributed by atoms with Crippen molar-refractivity contribution < 1.29 is 9.53 Å². The lowest BCUT2D eigenvalue weighted by atomic mass is 9.88. The Morgan fingerprint density at radius 3 is 2.83 bits per heavy atom. The van der Waals surface area contributed by atoms with E-state index in [1.165, 1.54) is 5.56 Å². The van der Waals surface area contributed by atoms with Crippen LogP contribution in [-0.4, -0.2) is 29.4 Å². The van der Waals surface area contributed by atoms with E-state index in [1.54, 1.807) is 7.11 Å². The topological polar surface area (TPSA) is 54.5 Å². The third-order valence-corrected chi connectivity index (χ3v) is 6.28. The van der Waals surface area contributed by atoms with Gasteiger partial charge in [0.15, 0.2) is 0 Å². The predicted octanol–water partition coefficient (Wildman–Crippen LogP) is 5.12. The monoisotopic (exact) mass is 407 g/mol. The number of amides is 1. The maximum Gasteiger partial charge on any atom is 0.223 e. The summed E-state index contributed by atoms with van der Waals surface area (Å²) in [6.07, 6.45) is 2.32. The number of fused-ring (bicyclic) bond motifs is 2. The Morgan fingerprint density at radius 2 is 2.03 bits per heavy atom. The van der Waals surface area contributed by atoms with E-state index in [4.69, 9.17) is 16.3 Å². The number of likely N-dealkylation sites (tertiary alicyclic amines) is 1. The first kappa shape index (κ1) is 18.3. The first-order chi connectivity index (χ1) is 14.1.